The van der Waals surface area contributed by atoms with E-state index in [0.29, 0.717) is 19.0 Å². The molecule has 0 fully saturated rings. The number of aliphatic imine (C=N–C) groups is 1. The molecular formula is C14H23N3O3. The first-order valence-corrected chi connectivity index (χ1v) is 6.67. The fourth-order valence-electron chi connectivity index (χ4n) is 1.43. The van der Waals surface area contributed by atoms with Gasteiger partial charge in [-0.25, -0.2) is 4.99 Å². The minimum atomic E-state index is -0.484. The van der Waals surface area contributed by atoms with E-state index in [4.69, 9.17) is 9.15 Å². The number of guanidine groups is 1. The quantitative estimate of drug-likeness (QED) is 0.488. The van der Waals surface area contributed by atoms with Crippen LogP contribution in [0.25, 0.3) is 0 Å². The van der Waals surface area contributed by atoms with Crippen molar-refractivity contribution in [2.75, 3.05) is 13.1 Å². The van der Waals surface area contributed by atoms with Crippen LogP contribution < -0.4 is 10.6 Å². The topological polar surface area (TPSA) is 75.9 Å². The van der Waals surface area contributed by atoms with Gasteiger partial charge in [0, 0.05) is 6.54 Å². The molecule has 0 amide bonds. The molecule has 0 aromatic carbocycles. The van der Waals surface area contributed by atoms with E-state index in [0.717, 1.165) is 5.76 Å². The number of hydrogen-bond acceptors (Lipinski definition) is 4. The summed E-state index contributed by atoms with van der Waals surface area (Å²) in [5.41, 5.74) is -0.484. The van der Waals surface area contributed by atoms with Gasteiger partial charge >= 0.3 is 5.97 Å². The summed E-state index contributed by atoms with van der Waals surface area (Å²) >= 11 is 0. The van der Waals surface area contributed by atoms with Crippen LogP contribution in [0.5, 0.6) is 0 Å². The maximum Gasteiger partial charge on any atom is 0.325 e. The van der Waals surface area contributed by atoms with Gasteiger partial charge in [-0.3, -0.25) is 4.79 Å². The first-order valence-electron chi connectivity index (χ1n) is 6.67. The Kier molecular flexibility index (Phi) is 6.09. The highest BCUT2D eigenvalue weighted by atomic mass is 16.6. The Balaban J connectivity index is 2.46. The van der Waals surface area contributed by atoms with Crippen LogP contribution in [0.1, 0.15) is 33.5 Å². The predicted molar refractivity (Wildman–Crippen MR) is 77.4 cm³/mol. The van der Waals surface area contributed by atoms with E-state index >= 15 is 0 Å². The molecule has 0 saturated heterocycles. The van der Waals surface area contributed by atoms with Crippen molar-refractivity contribution in [3.63, 3.8) is 0 Å². The number of nitrogens with zero attached hydrogens (tertiary/aromatic N) is 1. The third-order valence-electron chi connectivity index (χ3n) is 2.14. The highest BCUT2D eigenvalue weighted by Crippen LogP contribution is 2.06. The Morgan fingerprint density at radius 2 is 2.15 bits per heavy atom. The first kappa shape index (κ1) is 16.1. The summed E-state index contributed by atoms with van der Waals surface area (Å²) < 4.78 is 10.4. The summed E-state index contributed by atoms with van der Waals surface area (Å²) in [5.74, 6) is 0.996. The van der Waals surface area contributed by atoms with E-state index in [2.05, 4.69) is 15.6 Å². The smallest absolute Gasteiger partial charge is 0.325 e. The van der Waals surface area contributed by atoms with Gasteiger partial charge in [-0.2, -0.15) is 0 Å². The van der Waals surface area contributed by atoms with Gasteiger partial charge in [0.25, 0.3) is 0 Å². The van der Waals surface area contributed by atoms with Crippen molar-refractivity contribution in [1.29, 1.82) is 0 Å². The molecule has 1 aromatic rings. The number of ether oxygens (including phenoxy) is 1. The molecule has 0 aliphatic carbocycles. The van der Waals surface area contributed by atoms with Crippen molar-refractivity contribution in [1.82, 2.24) is 10.6 Å². The maximum absolute atomic E-state index is 11.6. The normalized spacial score (nSPS) is 12.1. The van der Waals surface area contributed by atoms with Gasteiger partial charge in [-0.15, -0.1) is 0 Å². The second kappa shape index (κ2) is 7.57. The highest BCUT2D eigenvalue weighted by molar-refractivity contribution is 5.84. The van der Waals surface area contributed by atoms with Crippen molar-refractivity contribution in [3.8, 4) is 0 Å². The predicted octanol–water partition coefficient (Wildman–Crippen LogP) is 1.68. The standard InChI is InChI=1S/C14H23N3O3/c1-5-15-13(16-9-11-7-6-8-19-11)17-10-12(18)20-14(2,3)4/h6-8H,5,9-10H2,1-4H3,(H2,15,16,17). The lowest BCUT2D eigenvalue weighted by Crippen LogP contribution is -2.41. The summed E-state index contributed by atoms with van der Waals surface area (Å²) in [7, 11) is 0. The van der Waals surface area contributed by atoms with Crippen molar-refractivity contribution in [3.05, 3.63) is 24.2 Å². The monoisotopic (exact) mass is 281 g/mol. The zero-order valence-corrected chi connectivity index (χ0v) is 12.5. The van der Waals surface area contributed by atoms with Gasteiger partial charge in [0.1, 0.15) is 24.5 Å². The van der Waals surface area contributed by atoms with E-state index in [1.165, 1.54) is 0 Å². The van der Waals surface area contributed by atoms with Crippen LogP contribution in [0, 0.1) is 0 Å². The van der Waals surface area contributed by atoms with E-state index in [-0.39, 0.29) is 12.5 Å². The zero-order chi connectivity index (χ0) is 15.0. The highest BCUT2D eigenvalue weighted by Gasteiger charge is 2.16. The summed E-state index contributed by atoms with van der Waals surface area (Å²) in [6.07, 6.45) is 1.60. The molecule has 0 aliphatic rings. The Morgan fingerprint density at radius 1 is 1.40 bits per heavy atom. The van der Waals surface area contributed by atoms with Crippen molar-refractivity contribution in [2.24, 2.45) is 4.99 Å². The maximum atomic E-state index is 11.6. The number of esters is 1. The Morgan fingerprint density at radius 3 is 2.70 bits per heavy atom. The van der Waals surface area contributed by atoms with Crippen LogP contribution >= 0.6 is 0 Å². The molecule has 6 heteroatoms. The SMILES string of the molecule is CCNC(=NCc1ccco1)NCC(=O)OC(C)(C)C. The molecule has 0 spiro atoms. The lowest BCUT2D eigenvalue weighted by molar-refractivity contribution is -0.153. The van der Waals surface area contributed by atoms with Gasteiger partial charge < -0.3 is 19.8 Å². The molecule has 112 valence electrons. The molecule has 0 bridgehead atoms. The van der Waals surface area contributed by atoms with Gasteiger partial charge in [-0.1, -0.05) is 0 Å². The van der Waals surface area contributed by atoms with Gasteiger partial charge in [0.2, 0.25) is 0 Å². The molecule has 0 saturated carbocycles. The summed E-state index contributed by atoms with van der Waals surface area (Å²) in [4.78, 5) is 15.9. The number of carbonyl (C=O) groups is 1. The zero-order valence-electron chi connectivity index (χ0n) is 12.5. The molecule has 0 radical (unpaired) electrons. The van der Waals surface area contributed by atoms with Crippen molar-refractivity contribution >= 4 is 11.9 Å². The molecule has 0 aliphatic heterocycles. The Labute approximate surface area is 119 Å². The number of rotatable bonds is 5. The fourth-order valence-corrected chi connectivity index (χ4v) is 1.43. The summed E-state index contributed by atoms with van der Waals surface area (Å²) in [6, 6.07) is 3.66. The largest absolute Gasteiger partial charge is 0.467 e. The van der Waals surface area contributed by atoms with Crippen LogP contribution in [0.4, 0.5) is 0 Å². The second-order valence-electron chi connectivity index (χ2n) is 5.21. The molecule has 0 unspecified atom stereocenters. The Hall–Kier alpha value is -1.98. The van der Waals surface area contributed by atoms with Crippen molar-refractivity contribution in [2.45, 2.75) is 39.8 Å². The van der Waals surface area contributed by atoms with E-state index in [1.54, 1.807) is 6.26 Å². The van der Waals surface area contributed by atoms with Crippen LogP contribution in [-0.4, -0.2) is 30.6 Å². The van der Waals surface area contributed by atoms with Gasteiger partial charge in [0.15, 0.2) is 5.96 Å². The molecule has 20 heavy (non-hydrogen) atoms. The average molecular weight is 281 g/mol. The third-order valence-corrected chi connectivity index (χ3v) is 2.14. The minimum absolute atomic E-state index is 0.0707. The molecular weight excluding hydrogens is 258 g/mol. The number of furan rings is 1. The molecule has 1 rings (SSSR count). The van der Waals surface area contributed by atoms with E-state index < -0.39 is 5.60 Å². The van der Waals surface area contributed by atoms with Crippen LogP contribution in [0.15, 0.2) is 27.8 Å². The van der Waals surface area contributed by atoms with Crippen LogP contribution in [-0.2, 0) is 16.1 Å². The van der Waals surface area contributed by atoms with E-state index in [9.17, 15) is 4.79 Å². The number of nitrogens with one attached hydrogen (secondary N) is 2. The molecule has 1 aromatic heterocycles. The fraction of sp³-hybridized carbons (Fsp3) is 0.571. The third kappa shape index (κ3) is 6.82. The van der Waals surface area contributed by atoms with E-state index in [1.807, 2.05) is 39.8 Å². The first-order chi connectivity index (χ1) is 9.40. The second-order valence-corrected chi connectivity index (χ2v) is 5.21. The van der Waals surface area contributed by atoms with Crippen LogP contribution in [0.3, 0.4) is 0 Å². The molecule has 2 N–H and O–H groups in total. The lowest BCUT2D eigenvalue weighted by Gasteiger charge is -2.20. The minimum Gasteiger partial charge on any atom is -0.467 e. The Bertz CT molecular complexity index is 433. The molecule has 1 heterocycles. The van der Waals surface area contributed by atoms with Gasteiger partial charge in [-0.05, 0) is 39.8 Å². The number of carbonyl (C=O) groups excluding carboxylic acids is 1. The number of hydrogen-bond donors (Lipinski definition) is 2. The molecule has 6 nitrogen and oxygen atoms in total. The molecule has 0 atom stereocenters. The van der Waals surface area contributed by atoms with Crippen LogP contribution in [0.2, 0.25) is 0 Å². The lowest BCUT2D eigenvalue weighted by atomic mass is 10.2. The summed E-state index contributed by atoms with van der Waals surface area (Å²) in [6.45, 7) is 8.65. The van der Waals surface area contributed by atoms with Crippen molar-refractivity contribution < 1.29 is 13.9 Å². The summed E-state index contributed by atoms with van der Waals surface area (Å²) in [5, 5.41) is 5.98. The van der Waals surface area contributed by atoms with Gasteiger partial charge in [0.05, 0.1) is 6.26 Å². The average Bonchev–Trinajstić information content (AvgIpc) is 2.83.